The Morgan fingerprint density at radius 3 is 2.54 bits per heavy atom. The standard InChI is InChI=1S/C7H14N2O3S/c1-2-9-7(6(8)10)3-4-13(11,12)5-7/h9H,2-5H2,1H3,(H2,8,10). The highest BCUT2D eigenvalue weighted by Gasteiger charge is 2.46. The zero-order chi connectivity index (χ0) is 10.1. The van der Waals surface area contributed by atoms with Gasteiger partial charge in [0, 0.05) is 0 Å². The Kier molecular flexibility index (Phi) is 2.63. The third kappa shape index (κ3) is 2.00. The van der Waals surface area contributed by atoms with E-state index in [9.17, 15) is 13.2 Å². The van der Waals surface area contributed by atoms with Crippen LogP contribution in [0.4, 0.5) is 0 Å². The lowest BCUT2D eigenvalue weighted by Gasteiger charge is -2.24. The van der Waals surface area contributed by atoms with Crippen molar-refractivity contribution >= 4 is 15.7 Å². The fraction of sp³-hybridized carbons (Fsp3) is 0.857. The Balaban J connectivity index is 2.90. The van der Waals surface area contributed by atoms with Crippen LogP contribution in [-0.4, -0.2) is 37.9 Å². The molecule has 1 heterocycles. The van der Waals surface area contributed by atoms with Crippen molar-refractivity contribution in [2.75, 3.05) is 18.1 Å². The summed E-state index contributed by atoms with van der Waals surface area (Å²) in [5, 5.41) is 2.86. The number of rotatable bonds is 3. The van der Waals surface area contributed by atoms with Crippen LogP contribution in [0.1, 0.15) is 13.3 Å². The van der Waals surface area contributed by atoms with Crippen molar-refractivity contribution in [2.45, 2.75) is 18.9 Å². The van der Waals surface area contributed by atoms with E-state index in [2.05, 4.69) is 5.32 Å². The first-order valence-corrected chi connectivity index (χ1v) is 5.99. The van der Waals surface area contributed by atoms with Crippen molar-refractivity contribution in [3.05, 3.63) is 0 Å². The molecule has 1 rings (SSSR count). The first-order valence-electron chi connectivity index (χ1n) is 4.17. The lowest BCUT2D eigenvalue weighted by atomic mass is 9.98. The zero-order valence-corrected chi connectivity index (χ0v) is 8.36. The second kappa shape index (κ2) is 3.26. The highest BCUT2D eigenvalue weighted by atomic mass is 32.2. The van der Waals surface area contributed by atoms with Crippen molar-refractivity contribution in [1.82, 2.24) is 5.32 Å². The van der Waals surface area contributed by atoms with Gasteiger partial charge in [0.25, 0.3) is 0 Å². The quantitative estimate of drug-likeness (QED) is 0.596. The number of nitrogens with two attached hydrogens (primary N) is 1. The van der Waals surface area contributed by atoms with Crippen LogP contribution >= 0.6 is 0 Å². The largest absolute Gasteiger partial charge is 0.368 e. The van der Waals surface area contributed by atoms with Gasteiger partial charge in [-0.05, 0) is 13.0 Å². The van der Waals surface area contributed by atoms with E-state index in [4.69, 9.17) is 5.73 Å². The van der Waals surface area contributed by atoms with Gasteiger partial charge in [0.1, 0.15) is 5.54 Å². The molecule has 0 aromatic carbocycles. The van der Waals surface area contributed by atoms with Crippen LogP contribution in [0.25, 0.3) is 0 Å². The molecule has 0 bridgehead atoms. The fourth-order valence-electron chi connectivity index (χ4n) is 1.61. The fourth-order valence-corrected chi connectivity index (χ4v) is 3.55. The Morgan fingerprint density at radius 2 is 2.23 bits per heavy atom. The maximum Gasteiger partial charge on any atom is 0.238 e. The van der Waals surface area contributed by atoms with Gasteiger partial charge in [0.15, 0.2) is 9.84 Å². The molecule has 1 aliphatic rings. The summed E-state index contributed by atoms with van der Waals surface area (Å²) in [5.74, 6) is -0.693. The molecule has 1 unspecified atom stereocenters. The molecular weight excluding hydrogens is 192 g/mol. The second-order valence-corrected chi connectivity index (χ2v) is 5.50. The maximum absolute atomic E-state index is 11.2. The molecule has 1 saturated heterocycles. The molecule has 5 nitrogen and oxygen atoms in total. The lowest BCUT2D eigenvalue weighted by molar-refractivity contribution is -0.123. The van der Waals surface area contributed by atoms with Crippen LogP contribution in [0, 0.1) is 0 Å². The van der Waals surface area contributed by atoms with Crippen LogP contribution in [-0.2, 0) is 14.6 Å². The summed E-state index contributed by atoms with van der Waals surface area (Å²) in [4.78, 5) is 11.1. The summed E-state index contributed by atoms with van der Waals surface area (Å²) in [7, 11) is -3.08. The van der Waals surface area contributed by atoms with Crippen molar-refractivity contribution in [2.24, 2.45) is 5.73 Å². The summed E-state index contributed by atoms with van der Waals surface area (Å²) >= 11 is 0. The first-order chi connectivity index (χ1) is 5.92. The molecule has 0 aromatic rings. The summed E-state index contributed by atoms with van der Waals surface area (Å²) in [6.07, 6.45) is 0.290. The number of amides is 1. The minimum absolute atomic E-state index is 0.0446. The molecule has 1 aliphatic heterocycles. The predicted octanol–water partition coefficient (Wildman–Crippen LogP) is -1.36. The van der Waals surface area contributed by atoms with E-state index in [0.29, 0.717) is 13.0 Å². The van der Waals surface area contributed by atoms with Crippen LogP contribution in [0.3, 0.4) is 0 Å². The minimum Gasteiger partial charge on any atom is -0.368 e. The summed E-state index contributed by atoms with van der Waals surface area (Å²) < 4.78 is 22.4. The molecule has 3 N–H and O–H groups in total. The summed E-state index contributed by atoms with van der Waals surface area (Å²) in [5.41, 5.74) is 4.15. The molecule has 76 valence electrons. The van der Waals surface area contributed by atoms with Crippen LogP contribution in [0.2, 0.25) is 0 Å². The van der Waals surface area contributed by atoms with Gasteiger partial charge in [-0.15, -0.1) is 0 Å². The Hall–Kier alpha value is -0.620. The number of sulfone groups is 1. The molecule has 0 radical (unpaired) electrons. The average Bonchev–Trinajstić information content (AvgIpc) is 2.28. The Morgan fingerprint density at radius 1 is 1.62 bits per heavy atom. The van der Waals surface area contributed by atoms with Gasteiger partial charge in [-0.1, -0.05) is 6.92 Å². The topological polar surface area (TPSA) is 89.3 Å². The van der Waals surface area contributed by atoms with Gasteiger partial charge < -0.3 is 11.1 Å². The molecule has 1 atom stereocenters. The molecule has 1 fully saturated rings. The molecular formula is C7H14N2O3S. The van der Waals surface area contributed by atoms with E-state index in [-0.39, 0.29) is 11.5 Å². The van der Waals surface area contributed by atoms with E-state index < -0.39 is 21.3 Å². The van der Waals surface area contributed by atoms with E-state index in [0.717, 1.165) is 0 Å². The number of primary amides is 1. The van der Waals surface area contributed by atoms with Gasteiger partial charge in [0.05, 0.1) is 11.5 Å². The molecule has 1 amide bonds. The van der Waals surface area contributed by atoms with Crippen molar-refractivity contribution in [3.63, 3.8) is 0 Å². The maximum atomic E-state index is 11.2. The van der Waals surface area contributed by atoms with E-state index in [1.807, 2.05) is 6.92 Å². The third-order valence-electron chi connectivity index (χ3n) is 2.29. The third-order valence-corrected chi connectivity index (χ3v) is 4.05. The van der Waals surface area contributed by atoms with Crippen LogP contribution in [0.15, 0.2) is 0 Å². The summed E-state index contributed by atoms with van der Waals surface area (Å²) in [6.45, 7) is 2.36. The monoisotopic (exact) mass is 206 g/mol. The minimum atomic E-state index is -3.08. The van der Waals surface area contributed by atoms with Gasteiger partial charge in [-0.3, -0.25) is 4.79 Å². The van der Waals surface area contributed by atoms with Crippen molar-refractivity contribution < 1.29 is 13.2 Å². The van der Waals surface area contributed by atoms with Crippen molar-refractivity contribution in [3.8, 4) is 0 Å². The van der Waals surface area contributed by atoms with E-state index >= 15 is 0 Å². The normalized spacial score (nSPS) is 31.8. The number of carbonyl (C=O) groups excluding carboxylic acids is 1. The smallest absolute Gasteiger partial charge is 0.238 e. The second-order valence-electron chi connectivity index (χ2n) is 3.32. The highest BCUT2D eigenvalue weighted by molar-refractivity contribution is 7.91. The van der Waals surface area contributed by atoms with Gasteiger partial charge >= 0.3 is 0 Å². The number of likely N-dealkylation sites (N-methyl/N-ethyl adjacent to an activating group) is 1. The lowest BCUT2D eigenvalue weighted by Crippen LogP contribution is -2.56. The number of nitrogens with one attached hydrogen (secondary N) is 1. The molecule has 0 aromatic heterocycles. The first kappa shape index (κ1) is 10.5. The molecule has 0 saturated carbocycles. The molecule has 13 heavy (non-hydrogen) atoms. The van der Waals surface area contributed by atoms with Crippen LogP contribution in [0.5, 0.6) is 0 Å². The Bertz CT molecular complexity index is 312. The molecule has 6 heteroatoms. The highest BCUT2D eigenvalue weighted by Crippen LogP contribution is 2.22. The molecule has 0 spiro atoms. The van der Waals surface area contributed by atoms with Gasteiger partial charge in [0.2, 0.25) is 5.91 Å². The van der Waals surface area contributed by atoms with E-state index in [1.165, 1.54) is 0 Å². The average molecular weight is 206 g/mol. The predicted molar refractivity (Wildman–Crippen MR) is 48.9 cm³/mol. The van der Waals surface area contributed by atoms with Gasteiger partial charge in [-0.2, -0.15) is 0 Å². The number of carbonyl (C=O) groups is 1. The molecule has 0 aliphatic carbocycles. The van der Waals surface area contributed by atoms with Gasteiger partial charge in [-0.25, -0.2) is 8.42 Å². The SMILES string of the molecule is CCNC1(C(N)=O)CCS(=O)(=O)C1. The number of hydrogen-bond acceptors (Lipinski definition) is 4. The zero-order valence-electron chi connectivity index (χ0n) is 7.54. The number of hydrogen-bond donors (Lipinski definition) is 2. The Labute approximate surface area is 77.6 Å². The van der Waals surface area contributed by atoms with Crippen molar-refractivity contribution in [1.29, 1.82) is 0 Å². The summed E-state index contributed by atoms with van der Waals surface area (Å²) in [6, 6.07) is 0. The van der Waals surface area contributed by atoms with E-state index in [1.54, 1.807) is 0 Å². The van der Waals surface area contributed by atoms with Crippen LogP contribution < -0.4 is 11.1 Å².